The fourth-order valence-corrected chi connectivity index (χ4v) is 4.05. The summed E-state index contributed by atoms with van der Waals surface area (Å²) < 4.78 is 7.03. The van der Waals surface area contributed by atoms with Gasteiger partial charge in [-0.2, -0.15) is 0 Å². The predicted molar refractivity (Wildman–Crippen MR) is 112 cm³/mol. The summed E-state index contributed by atoms with van der Waals surface area (Å²) in [5.41, 5.74) is 0.952. The number of hydrogen-bond acceptors (Lipinski definition) is 4. The number of fused-ring (bicyclic) bond motifs is 1. The number of allylic oxidation sites excluding steroid dienone is 2. The molecule has 1 aliphatic heterocycles. The normalized spacial score (nSPS) is 22.6. The zero-order chi connectivity index (χ0) is 19.5. The molecule has 2 heterocycles. The second-order valence-corrected chi connectivity index (χ2v) is 7.55. The Hall–Kier alpha value is -2.53. The SMILES string of the molecule is COC(=O)C1CCCCN1c1nn(-c2ccc(Cl)cc2)c2/c1=C\C=C\CC\C=2. The van der Waals surface area contributed by atoms with Crippen molar-refractivity contribution in [3.63, 3.8) is 0 Å². The van der Waals surface area contributed by atoms with Crippen molar-refractivity contribution in [2.45, 2.75) is 38.1 Å². The Bertz CT molecular complexity index is 1010. The first-order valence-corrected chi connectivity index (χ1v) is 10.1. The number of carbonyl (C=O) groups excluding carboxylic acids is 1. The molecule has 0 spiro atoms. The van der Waals surface area contributed by atoms with Gasteiger partial charge in [0.25, 0.3) is 0 Å². The maximum absolute atomic E-state index is 12.4. The summed E-state index contributed by atoms with van der Waals surface area (Å²) in [5.74, 6) is 0.641. The first-order valence-electron chi connectivity index (χ1n) is 9.75. The van der Waals surface area contributed by atoms with Crippen molar-refractivity contribution >= 4 is 35.5 Å². The molecular formula is C22H24ClN3O2. The van der Waals surface area contributed by atoms with Crippen LogP contribution in [0.1, 0.15) is 32.1 Å². The molecule has 1 aromatic heterocycles. The summed E-state index contributed by atoms with van der Waals surface area (Å²) in [4.78, 5) is 14.5. The van der Waals surface area contributed by atoms with Gasteiger partial charge in [-0.05, 0) is 62.4 Å². The van der Waals surface area contributed by atoms with Gasteiger partial charge in [0.05, 0.1) is 18.1 Å². The van der Waals surface area contributed by atoms with Crippen molar-refractivity contribution in [1.82, 2.24) is 9.78 Å². The molecule has 0 bridgehead atoms. The van der Waals surface area contributed by atoms with Crippen molar-refractivity contribution in [3.05, 3.63) is 52.0 Å². The molecule has 4 rings (SSSR count). The van der Waals surface area contributed by atoms with Gasteiger partial charge in [0, 0.05) is 16.8 Å². The molecule has 146 valence electrons. The Morgan fingerprint density at radius 1 is 1.21 bits per heavy atom. The number of halogens is 1. The molecule has 1 aromatic carbocycles. The van der Waals surface area contributed by atoms with Crippen LogP contribution in [0.4, 0.5) is 5.82 Å². The third-order valence-electron chi connectivity index (χ3n) is 5.33. The third-order valence-corrected chi connectivity index (χ3v) is 5.58. The van der Waals surface area contributed by atoms with Crippen molar-refractivity contribution in [2.24, 2.45) is 0 Å². The molecule has 0 saturated carbocycles. The van der Waals surface area contributed by atoms with E-state index in [1.54, 1.807) is 0 Å². The minimum absolute atomic E-state index is 0.195. The maximum Gasteiger partial charge on any atom is 0.328 e. The lowest BCUT2D eigenvalue weighted by molar-refractivity contribution is -0.142. The number of piperidine rings is 1. The van der Waals surface area contributed by atoms with Gasteiger partial charge in [0.1, 0.15) is 6.04 Å². The molecule has 2 aromatic rings. The number of carbonyl (C=O) groups is 1. The predicted octanol–water partition coefficient (Wildman–Crippen LogP) is 2.97. The largest absolute Gasteiger partial charge is 0.467 e. The molecule has 0 radical (unpaired) electrons. The summed E-state index contributed by atoms with van der Waals surface area (Å²) >= 11 is 6.07. The summed E-state index contributed by atoms with van der Waals surface area (Å²) in [5, 5.41) is 7.75. The lowest BCUT2D eigenvalue weighted by Crippen LogP contribution is -2.48. The molecule has 1 aliphatic carbocycles. The van der Waals surface area contributed by atoms with Crippen LogP contribution in [0.5, 0.6) is 0 Å². The van der Waals surface area contributed by atoms with Crippen molar-refractivity contribution < 1.29 is 9.53 Å². The smallest absolute Gasteiger partial charge is 0.328 e. The van der Waals surface area contributed by atoms with E-state index in [-0.39, 0.29) is 12.0 Å². The quantitative estimate of drug-likeness (QED) is 0.747. The van der Waals surface area contributed by atoms with Crippen LogP contribution in [-0.4, -0.2) is 35.4 Å². The summed E-state index contributed by atoms with van der Waals surface area (Å²) in [6.45, 7) is 0.793. The number of nitrogens with zero attached hydrogens (tertiary/aromatic N) is 3. The molecule has 6 heteroatoms. The van der Waals surface area contributed by atoms with Gasteiger partial charge >= 0.3 is 5.97 Å². The van der Waals surface area contributed by atoms with E-state index in [1.807, 2.05) is 28.9 Å². The number of esters is 1. The fourth-order valence-electron chi connectivity index (χ4n) is 3.92. The summed E-state index contributed by atoms with van der Waals surface area (Å²) in [6.07, 6.45) is 13.3. The second-order valence-electron chi connectivity index (χ2n) is 7.12. The van der Waals surface area contributed by atoms with E-state index in [4.69, 9.17) is 21.4 Å². The van der Waals surface area contributed by atoms with E-state index in [0.717, 1.165) is 60.7 Å². The molecular weight excluding hydrogens is 374 g/mol. The molecule has 0 N–H and O–H groups in total. The zero-order valence-electron chi connectivity index (χ0n) is 16.0. The molecule has 1 saturated heterocycles. The Labute approximate surface area is 169 Å². The monoisotopic (exact) mass is 397 g/mol. The van der Waals surface area contributed by atoms with E-state index in [1.165, 1.54) is 7.11 Å². The van der Waals surface area contributed by atoms with Crippen LogP contribution >= 0.6 is 11.6 Å². The maximum atomic E-state index is 12.4. The Morgan fingerprint density at radius 3 is 2.82 bits per heavy atom. The molecule has 28 heavy (non-hydrogen) atoms. The Balaban J connectivity index is 1.91. The van der Waals surface area contributed by atoms with E-state index >= 15 is 0 Å². The van der Waals surface area contributed by atoms with Crippen LogP contribution in [0.25, 0.3) is 17.8 Å². The number of rotatable bonds is 3. The first-order chi connectivity index (χ1) is 13.7. The first kappa shape index (κ1) is 18.8. The second kappa shape index (κ2) is 8.23. The lowest BCUT2D eigenvalue weighted by Gasteiger charge is -2.33. The average molecular weight is 398 g/mol. The van der Waals surface area contributed by atoms with Gasteiger partial charge in [0.2, 0.25) is 0 Å². The van der Waals surface area contributed by atoms with Gasteiger partial charge in [-0.3, -0.25) is 0 Å². The van der Waals surface area contributed by atoms with Crippen molar-refractivity contribution in [1.29, 1.82) is 0 Å². The van der Waals surface area contributed by atoms with Gasteiger partial charge in [-0.1, -0.05) is 29.8 Å². The van der Waals surface area contributed by atoms with Gasteiger partial charge in [-0.25, -0.2) is 9.48 Å². The molecule has 5 nitrogen and oxygen atoms in total. The van der Waals surface area contributed by atoms with Gasteiger partial charge in [0.15, 0.2) is 5.82 Å². The molecule has 1 unspecified atom stereocenters. The number of hydrogen-bond donors (Lipinski definition) is 0. The van der Waals surface area contributed by atoms with Crippen LogP contribution in [-0.2, 0) is 9.53 Å². The van der Waals surface area contributed by atoms with Gasteiger partial charge < -0.3 is 9.64 Å². The fraction of sp³-hybridized carbons (Fsp3) is 0.364. The van der Waals surface area contributed by atoms with Crippen LogP contribution in [0.3, 0.4) is 0 Å². The third kappa shape index (κ3) is 3.59. The van der Waals surface area contributed by atoms with Gasteiger partial charge in [-0.15, -0.1) is 5.10 Å². The Kier molecular flexibility index (Phi) is 5.53. The van der Waals surface area contributed by atoms with Crippen molar-refractivity contribution in [3.8, 4) is 5.69 Å². The molecule has 1 atom stereocenters. The topological polar surface area (TPSA) is 47.4 Å². The molecule has 1 fully saturated rings. The minimum atomic E-state index is -0.292. The zero-order valence-corrected chi connectivity index (χ0v) is 16.7. The van der Waals surface area contributed by atoms with E-state index in [2.05, 4.69) is 29.2 Å². The standard InChI is InChI=1S/C22H24ClN3O2/c1-28-22(27)20-10-6-7-15-25(20)21-18-8-4-2-3-5-9-19(18)26(24-21)17-13-11-16(23)12-14-17/h2,4,8-9,11-14,20H,3,5-7,10,15H2,1H3/b4-2+,18-8+,19-9+. The van der Waals surface area contributed by atoms with Crippen LogP contribution in [0.15, 0.2) is 36.4 Å². The number of methoxy groups -OCH3 is 1. The summed E-state index contributed by atoms with van der Waals surface area (Å²) in [7, 11) is 1.45. The molecule has 2 aliphatic rings. The lowest BCUT2D eigenvalue weighted by atomic mass is 10.0. The highest BCUT2D eigenvalue weighted by Crippen LogP contribution is 2.22. The number of aromatic nitrogens is 2. The highest BCUT2D eigenvalue weighted by molar-refractivity contribution is 6.30. The van der Waals surface area contributed by atoms with Crippen LogP contribution < -0.4 is 15.5 Å². The number of benzene rings is 1. The highest BCUT2D eigenvalue weighted by Gasteiger charge is 2.32. The number of ether oxygens (including phenoxy) is 1. The van der Waals surface area contributed by atoms with E-state index < -0.39 is 0 Å². The van der Waals surface area contributed by atoms with E-state index in [9.17, 15) is 4.79 Å². The average Bonchev–Trinajstić information content (AvgIpc) is 3.05. The minimum Gasteiger partial charge on any atom is -0.467 e. The number of anilines is 1. The van der Waals surface area contributed by atoms with Crippen molar-refractivity contribution in [2.75, 3.05) is 18.6 Å². The highest BCUT2D eigenvalue weighted by atomic mass is 35.5. The van der Waals surface area contributed by atoms with E-state index in [0.29, 0.717) is 5.02 Å². The molecule has 0 amide bonds. The van der Waals surface area contributed by atoms with Crippen LogP contribution in [0, 0.1) is 0 Å². The Morgan fingerprint density at radius 2 is 2.04 bits per heavy atom. The van der Waals surface area contributed by atoms with Crippen LogP contribution in [0.2, 0.25) is 5.02 Å². The summed E-state index contributed by atoms with van der Waals surface area (Å²) in [6, 6.07) is 7.38.